The lowest BCUT2D eigenvalue weighted by Crippen LogP contribution is -2.44. The molecule has 6 aromatic rings. The average Bonchev–Trinajstić information content (AvgIpc) is 3.48. The van der Waals surface area contributed by atoms with Crippen LogP contribution in [0.4, 0.5) is 10.5 Å². The SMILES string of the molecule is N[C@H]1CC[C@H](N(C(=O)O)c2ccc(CCCCn3c(=O)oc4cc(CNCC(O)c5ccc(O)c6[nH]c(=O)ccc56)ccc43)cc2-c2ccccc2)CC1. The Morgan fingerprint density at radius 2 is 1.72 bits per heavy atom. The fourth-order valence-electron chi connectivity index (χ4n) is 7.66. The largest absolute Gasteiger partial charge is 0.506 e. The number of amides is 1. The minimum absolute atomic E-state index is 0.0668. The highest BCUT2D eigenvalue weighted by atomic mass is 16.4. The van der Waals surface area contributed by atoms with Gasteiger partial charge < -0.3 is 35.8 Å². The highest BCUT2D eigenvalue weighted by molar-refractivity contribution is 5.93. The van der Waals surface area contributed by atoms with E-state index in [9.17, 15) is 29.7 Å². The number of rotatable bonds is 13. The van der Waals surface area contributed by atoms with Crippen LogP contribution in [-0.2, 0) is 19.5 Å². The number of nitrogens with zero attached hydrogens (tertiary/aromatic N) is 2. The summed E-state index contributed by atoms with van der Waals surface area (Å²) in [4.78, 5) is 41.4. The normalized spacial score (nSPS) is 16.5. The number of hydrogen-bond acceptors (Lipinski definition) is 8. The van der Waals surface area contributed by atoms with Crippen molar-refractivity contribution in [2.24, 2.45) is 5.73 Å². The number of aliphatic hydroxyl groups is 1. The number of phenolic OH excluding ortho intramolecular Hbond substituents is 1. The van der Waals surface area contributed by atoms with Crippen molar-refractivity contribution in [1.29, 1.82) is 0 Å². The lowest BCUT2D eigenvalue weighted by atomic mass is 9.89. The van der Waals surface area contributed by atoms with E-state index in [0.717, 1.165) is 67.2 Å². The Bertz CT molecular complexity index is 2380. The Kier molecular flexibility index (Phi) is 11.0. The number of carboxylic acid groups (broad SMARTS) is 1. The molecule has 2 aromatic heterocycles. The molecule has 7 N–H and O–H groups in total. The second kappa shape index (κ2) is 16.1. The molecule has 0 saturated heterocycles. The van der Waals surface area contributed by atoms with Crippen LogP contribution in [-0.4, -0.2) is 49.6 Å². The van der Waals surface area contributed by atoms with E-state index in [0.29, 0.717) is 40.8 Å². The van der Waals surface area contributed by atoms with Crippen LogP contribution in [0.1, 0.15) is 61.3 Å². The molecule has 1 aliphatic carbocycles. The van der Waals surface area contributed by atoms with Gasteiger partial charge in [-0.3, -0.25) is 14.3 Å². The molecule has 1 aliphatic rings. The molecular weight excluding hydrogens is 686 g/mol. The summed E-state index contributed by atoms with van der Waals surface area (Å²) < 4.78 is 7.26. The maximum absolute atomic E-state index is 12.9. The Morgan fingerprint density at radius 3 is 2.50 bits per heavy atom. The molecule has 2 heterocycles. The van der Waals surface area contributed by atoms with Gasteiger partial charge in [-0.25, -0.2) is 9.59 Å². The number of aryl methyl sites for hydroxylation is 2. The third kappa shape index (κ3) is 7.96. The van der Waals surface area contributed by atoms with Crippen LogP contribution in [0.15, 0.2) is 105 Å². The fraction of sp³-hybridized carbons (Fsp3) is 0.310. The van der Waals surface area contributed by atoms with Crippen molar-refractivity contribution in [2.45, 2.75) is 76.2 Å². The summed E-state index contributed by atoms with van der Waals surface area (Å²) in [5.41, 5.74) is 12.3. The molecular formula is C42H45N5O7. The van der Waals surface area contributed by atoms with Gasteiger partial charge in [0.2, 0.25) is 5.56 Å². The van der Waals surface area contributed by atoms with Crippen molar-refractivity contribution < 1.29 is 24.5 Å². The van der Waals surface area contributed by atoms with Crippen LogP contribution in [0, 0.1) is 0 Å². The monoisotopic (exact) mass is 731 g/mol. The number of hydrogen-bond donors (Lipinski definition) is 6. The summed E-state index contributed by atoms with van der Waals surface area (Å²) in [6.07, 6.45) is 3.53. The second-order valence-corrected chi connectivity index (χ2v) is 14.1. The standard InChI is InChI=1S/C42H45N5O7/c43-29-11-13-30(14-12-29)47(41(51)52)34-17-9-26(22-33(34)28-7-2-1-3-8-28)6-4-5-21-46-35-18-10-27(23-38(35)54-42(46)53)24-44-25-37(49)31-15-19-36(48)40-32(31)16-20-39(50)45-40/h1-3,7-10,15-20,22-23,29-30,37,44,48-49H,4-6,11-14,21,24-25,43H2,(H,45,50)(H,51,52)/t29-,30-,37?. The summed E-state index contributed by atoms with van der Waals surface area (Å²) in [6.45, 7) is 1.12. The smallest absolute Gasteiger partial charge is 0.419 e. The van der Waals surface area contributed by atoms with E-state index in [1.54, 1.807) is 16.7 Å². The molecule has 0 bridgehead atoms. The van der Waals surface area contributed by atoms with Gasteiger partial charge in [0, 0.05) is 48.7 Å². The molecule has 1 saturated carbocycles. The number of carbonyl (C=O) groups is 1. The molecule has 1 unspecified atom stereocenters. The van der Waals surface area contributed by atoms with Gasteiger partial charge in [-0.05, 0) is 104 Å². The van der Waals surface area contributed by atoms with E-state index in [1.807, 2.05) is 60.7 Å². The Labute approximate surface area is 311 Å². The minimum Gasteiger partial charge on any atom is -0.506 e. The van der Waals surface area contributed by atoms with Crippen LogP contribution in [0.5, 0.6) is 5.75 Å². The zero-order valence-corrected chi connectivity index (χ0v) is 29.9. The topological polar surface area (TPSA) is 187 Å². The average molecular weight is 732 g/mol. The van der Waals surface area contributed by atoms with E-state index < -0.39 is 18.0 Å². The number of nitrogens with one attached hydrogen (secondary N) is 2. The van der Waals surface area contributed by atoms with E-state index in [4.69, 9.17) is 10.2 Å². The van der Waals surface area contributed by atoms with Gasteiger partial charge in [-0.2, -0.15) is 0 Å². The third-order valence-electron chi connectivity index (χ3n) is 10.5. The van der Waals surface area contributed by atoms with Gasteiger partial charge in [0.1, 0.15) is 5.75 Å². The predicted octanol–water partition coefficient (Wildman–Crippen LogP) is 6.41. The molecule has 12 nitrogen and oxygen atoms in total. The van der Waals surface area contributed by atoms with Gasteiger partial charge in [-0.1, -0.05) is 48.5 Å². The molecule has 1 amide bonds. The molecule has 1 atom stereocenters. The van der Waals surface area contributed by atoms with Crippen LogP contribution in [0.2, 0.25) is 0 Å². The van der Waals surface area contributed by atoms with E-state index in [2.05, 4.69) is 16.4 Å². The van der Waals surface area contributed by atoms with E-state index in [-0.39, 0.29) is 35.5 Å². The molecule has 4 aromatic carbocycles. The predicted molar refractivity (Wildman–Crippen MR) is 209 cm³/mol. The molecule has 54 heavy (non-hydrogen) atoms. The Hall–Kier alpha value is -5.69. The fourth-order valence-corrected chi connectivity index (χ4v) is 7.66. The number of oxazole rings is 1. The number of aromatic amines is 1. The molecule has 12 heteroatoms. The summed E-state index contributed by atoms with van der Waals surface area (Å²) in [7, 11) is 0. The molecule has 280 valence electrons. The van der Waals surface area contributed by atoms with Crippen LogP contribution >= 0.6 is 0 Å². The van der Waals surface area contributed by atoms with Gasteiger partial charge in [0.15, 0.2) is 5.58 Å². The number of anilines is 1. The Balaban J connectivity index is 0.980. The van der Waals surface area contributed by atoms with E-state index in [1.165, 1.54) is 17.0 Å². The number of H-pyrrole nitrogens is 1. The number of fused-ring (bicyclic) bond motifs is 2. The quantitative estimate of drug-likeness (QED) is 0.0730. The zero-order valence-electron chi connectivity index (χ0n) is 29.9. The number of aromatic nitrogens is 2. The Morgan fingerprint density at radius 1 is 0.944 bits per heavy atom. The summed E-state index contributed by atoms with van der Waals surface area (Å²) in [6, 6.07) is 27.5. The lowest BCUT2D eigenvalue weighted by molar-refractivity contribution is 0.176. The maximum atomic E-state index is 12.9. The maximum Gasteiger partial charge on any atom is 0.419 e. The van der Waals surface area contributed by atoms with Crippen molar-refractivity contribution in [3.05, 3.63) is 129 Å². The van der Waals surface area contributed by atoms with Crippen LogP contribution in [0.25, 0.3) is 33.1 Å². The number of nitrogens with two attached hydrogens (primary N) is 1. The van der Waals surface area contributed by atoms with Crippen LogP contribution in [0.3, 0.4) is 0 Å². The first kappa shape index (κ1) is 36.7. The summed E-state index contributed by atoms with van der Waals surface area (Å²) in [5.74, 6) is -0.487. The second-order valence-electron chi connectivity index (χ2n) is 14.1. The summed E-state index contributed by atoms with van der Waals surface area (Å²) in [5, 5.41) is 35.2. The van der Waals surface area contributed by atoms with Gasteiger partial charge >= 0.3 is 11.8 Å². The van der Waals surface area contributed by atoms with Crippen molar-refractivity contribution in [3.63, 3.8) is 0 Å². The van der Waals surface area contributed by atoms with Crippen LogP contribution < -0.4 is 27.3 Å². The number of phenols is 1. The van der Waals surface area contributed by atoms with Gasteiger partial charge in [-0.15, -0.1) is 0 Å². The number of benzene rings is 4. The van der Waals surface area contributed by atoms with Crippen molar-refractivity contribution >= 4 is 33.8 Å². The molecule has 0 radical (unpaired) electrons. The number of pyridine rings is 1. The third-order valence-corrected chi connectivity index (χ3v) is 10.5. The summed E-state index contributed by atoms with van der Waals surface area (Å²) >= 11 is 0. The van der Waals surface area contributed by atoms with E-state index >= 15 is 0 Å². The molecule has 0 aliphatic heterocycles. The van der Waals surface area contributed by atoms with Crippen molar-refractivity contribution in [2.75, 3.05) is 11.4 Å². The highest BCUT2D eigenvalue weighted by Gasteiger charge is 2.30. The first-order chi connectivity index (χ1) is 26.2. The first-order valence-corrected chi connectivity index (χ1v) is 18.5. The number of unbranched alkanes of at least 4 members (excludes halogenated alkanes) is 1. The molecule has 0 spiro atoms. The highest BCUT2D eigenvalue weighted by Crippen LogP contribution is 2.36. The van der Waals surface area contributed by atoms with Crippen molar-refractivity contribution in [1.82, 2.24) is 14.9 Å². The lowest BCUT2D eigenvalue weighted by Gasteiger charge is -2.35. The number of aromatic hydroxyl groups is 1. The van der Waals surface area contributed by atoms with Gasteiger partial charge in [0.25, 0.3) is 0 Å². The van der Waals surface area contributed by atoms with Gasteiger partial charge in [0.05, 0.1) is 22.8 Å². The minimum atomic E-state index is -0.958. The molecule has 7 rings (SSSR count). The first-order valence-electron chi connectivity index (χ1n) is 18.5. The number of aliphatic hydroxyl groups excluding tert-OH is 1. The van der Waals surface area contributed by atoms with Crippen molar-refractivity contribution in [3.8, 4) is 16.9 Å². The zero-order chi connectivity index (χ0) is 37.8. The molecule has 1 fully saturated rings.